The molecule has 0 saturated heterocycles. The van der Waals surface area contributed by atoms with E-state index < -0.39 is 0 Å². The van der Waals surface area contributed by atoms with Crippen molar-refractivity contribution in [2.24, 2.45) is 0 Å². The van der Waals surface area contributed by atoms with E-state index in [0.717, 1.165) is 6.61 Å². The Bertz CT molecular complexity index is 71.2. The van der Waals surface area contributed by atoms with Crippen LogP contribution in [0.2, 0.25) is 0 Å². The van der Waals surface area contributed by atoms with Crippen molar-refractivity contribution < 1.29 is 4.74 Å². The Balaban J connectivity index is 2.76. The van der Waals surface area contributed by atoms with Crippen molar-refractivity contribution in [1.82, 2.24) is 0 Å². The van der Waals surface area contributed by atoms with Gasteiger partial charge >= 0.3 is 0 Å². The molecule has 13 heavy (non-hydrogen) atoms. The molecule has 0 aliphatic heterocycles. The van der Waals surface area contributed by atoms with E-state index in [1.165, 1.54) is 51.4 Å². The van der Waals surface area contributed by atoms with Gasteiger partial charge in [0, 0.05) is 13.2 Å². The summed E-state index contributed by atoms with van der Waals surface area (Å²) >= 11 is 0. The molecule has 0 bridgehead atoms. The summed E-state index contributed by atoms with van der Waals surface area (Å²) < 4.78 is 5.17. The zero-order valence-electron chi connectivity index (χ0n) is 9.19. The van der Waals surface area contributed by atoms with Gasteiger partial charge in [-0.2, -0.15) is 0 Å². The second-order valence-corrected chi connectivity index (χ2v) is 3.59. The van der Waals surface area contributed by atoms with Crippen molar-refractivity contribution >= 4 is 0 Å². The van der Waals surface area contributed by atoms with Gasteiger partial charge in [-0.15, -0.1) is 0 Å². The minimum atomic E-state index is 0.622. The van der Waals surface area contributed by atoms with Crippen molar-refractivity contribution in [3.63, 3.8) is 0 Å². The molecule has 0 heterocycles. The molecule has 0 rings (SSSR count). The van der Waals surface area contributed by atoms with Gasteiger partial charge in [0.2, 0.25) is 0 Å². The van der Waals surface area contributed by atoms with Crippen LogP contribution in [0, 0.1) is 6.92 Å². The third kappa shape index (κ3) is 12.0. The molecule has 1 nitrogen and oxygen atoms in total. The molecule has 0 N–H and O–H groups in total. The number of unbranched alkanes of at least 4 members (excludes halogenated alkanes) is 7. The summed E-state index contributed by atoms with van der Waals surface area (Å²) in [4.78, 5) is 0. The minimum absolute atomic E-state index is 0.622. The van der Waals surface area contributed by atoms with Gasteiger partial charge in [0.25, 0.3) is 0 Å². The van der Waals surface area contributed by atoms with Crippen LogP contribution in [0.15, 0.2) is 0 Å². The van der Waals surface area contributed by atoms with E-state index in [2.05, 4.69) is 13.8 Å². The van der Waals surface area contributed by atoms with E-state index in [1.54, 1.807) is 0 Å². The number of hydrogen-bond acceptors (Lipinski definition) is 1. The first-order chi connectivity index (χ1) is 6.41. The molecule has 1 heteroatoms. The van der Waals surface area contributed by atoms with Crippen LogP contribution >= 0.6 is 0 Å². The maximum atomic E-state index is 5.17. The summed E-state index contributed by atoms with van der Waals surface area (Å²) in [6, 6.07) is 0. The summed E-state index contributed by atoms with van der Waals surface area (Å²) in [6.45, 7) is 7.41. The first-order valence-corrected chi connectivity index (χ1v) is 5.78. The van der Waals surface area contributed by atoms with Crippen molar-refractivity contribution in [3.05, 3.63) is 6.92 Å². The van der Waals surface area contributed by atoms with Crippen molar-refractivity contribution in [2.75, 3.05) is 13.2 Å². The Kier molecular flexibility index (Phi) is 11.9. The van der Waals surface area contributed by atoms with Gasteiger partial charge < -0.3 is 4.74 Å². The fourth-order valence-electron chi connectivity index (χ4n) is 1.44. The first-order valence-electron chi connectivity index (χ1n) is 5.78. The summed E-state index contributed by atoms with van der Waals surface area (Å²) in [5.74, 6) is 0. The van der Waals surface area contributed by atoms with Crippen molar-refractivity contribution in [1.29, 1.82) is 0 Å². The van der Waals surface area contributed by atoms with E-state index in [9.17, 15) is 0 Å². The second-order valence-electron chi connectivity index (χ2n) is 3.59. The molecule has 79 valence electrons. The van der Waals surface area contributed by atoms with E-state index in [4.69, 9.17) is 4.74 Å². The van der Waals surface area contributed by atoms with Crippen molar-refractivity contribution in [2.45, 2.75) is 58.3 Å². The molecule has 0 aliphatic carbocycles. The summed E-state index contributed by atoms with van der Waals surface area (Å²) in [5, 5.41) is 0. The average Bonchev–Trinajstić information content (AvgIpc) is 2.16. The lowest BCUT2D eigenvalue weighted by molar-refractivity contribution is 0.156. The zero-order chi connectivity index (χ0) is 9.78. The summed E-state index contributed by atoms with van der Waals surface area (Å²) in [6.07, 6.45) is 10.9. The smallest absolute Gasteiger partial charge is 0.0466 e. The highest BCUT2D eigenvalue weighted by molar-refractivity contribution is 4.45. The van der Waals surface area contributed by atoms with Crippen LogP contribution in [0.25, 0.3) is 0 Å². The molecule has 0 unspecified atom stereocenters. The Labute approximate surface area is 83.9 Å². The third-order valence-electron chi connectivity index (χ3n) is 2.29. The number of ether oxygens (including phenoxy) is 1. The van der Waals surface area contributed by atoms with Gasteiger partial charge in [-0.1, -0.05) is 51.9 Å². The van der Waals surface area contributed by atoms with Gasteiger partial charge in [0.15, 0.2) is 0 Å². The van der Waals surface area contributed by atoms with Crippen LogP contribution in [-0.2, 0) is 4.74 Å². The number of hydrogen-bond donors (Lipinski definition) is 0. The van der Waals surface area contributed by atoms with Gasteiger partial charge in [-0.05, 0) is 13.3 Å². The van der Waals surface area contributed by atoms with E-state index in [0.29, 0.717) is 6.61 Å². The predicted octanol–water partition coefficient (Wildman–Crippen LogP) is 3.98. The summed E-state index contributed by atoms with van der Waals surface area (Å²) in [5.41, 5.74) is 0. The van der Waals surface area contributed by atoms with Gasteiger partial charge in [-0.25, -0.2) is 0 Å². The normalized spacial score (nSPS) is 10.6. The molecule has 0 aromatic carbocycles. The lowest BCUT2D eigenvalue weighted by atomic mass is 10.1. The van der Waals surface area contributed by atoms with Crippen LogP contribution in [0.1, 0.15) is 58.3 Å². The van der Waals surface area contributed by atoms with Crippen LogP contribution in [0.5, 0.6) is 0 Å². The van der Waals surface area contributed by atoms with E-state index >= 15 is 0 Å². The molecule has 1 radical (unpaired) electrons. The Morgan fingerprint density at radius 2 is 1.38 bits per heavy atom. The van der Waals surface area contributed by atoms with Crippen molar-refractivity contribution in [3.8, 4) is 0 Å². The quantitative estimate of drug-likeness (QED) is 0.468. The molecule has 0 aliphatic rings. The highest BCUT2D eigenvalue weighted by Crippen LogP contribution is 2.08. The lowest BCUT2D eigenvalue weighted by Gasteiger charge is -2.01. The minimum Gasteiger partial charge on any atom is -0.381 e. The fraction of sp³-hybridized carbons (Fsp3) is 0.917. The Hall–Kier alpha value is -0.0400. The standard InChI is InChI=1S/C12H25O/c1-3-5-6-7-8-9-10-11-12-13-4-2/h2-12H2,1H3. The largest absolute Gasteiger partial charge is 0.381 e. The Morgan fingerprint density at radius 3 is 1.92 bits per heavy atom. The van der Waals surface area contributed by atoms with Gasteiger partial charge in [-0.3, -0.25) is 0 Å². The zero-order valence-corrected chi connectivity index (χ0v) is 9.19. The van der Waals surface area contributed by atoms with Crippen LogP contribution in [-0.4, -0.2) is 13.2 Å². The maximum Gasteiger partial charge on any atom is 0.0466 e. The van der Waals surface area contributed by atoms with E-state index in [1.807, 2.05) is 0 Å². The second kappa shape index (κ2) is 12.0. The molecule has 0 aromatic rings. The monoisotopic (exact) mass is 185 g/mol. The van der Waals surface area contributed by atoms with Gasteiger partial charge in [0.1, 0.15) is 0 Å². The lowest BCUT2D eigenvalue weighted by Crippen LogP contribution is -1.93. The third-order valence-corrected chi connectivity index (χ3v) is 2.29. The molecular weight excluding hydrogens is 160 g/mol. The van der Waals surface area contributed by atoms with Crippen LogP contribution in [0.3, 0.4) is 0 Å². The maximum absolute atomic E-state index is 5.17. The SMILES string of the molecule is [CH2]COCCCCCCCCCC. The predicted molar refractivity (Wildman–Crippen MR) is 58.8 cm³/mol. The molecule has 0 amide bonds. The topological polar surface area (TPSA) is 9.23 Å². The van der Waals surface area contributed by atoms with Gasteiger partial charge in [0.05, 0.1) is 0 Å². The average molecular weight is 185 g/mol. The highest BCUT2D eigenvalue weighted by Gasteiger charge is 1.90. The fourth-order valence-corrected chi connectivity index (χ4v) is 1.44. The molecule has 0 saturated carbocycles. The summed E-state index contributed by atoms with van der Waals surface area (Å²) in [7, 11) is 0. The van der Waals surface area contributed by atoms with E-state index in [-0.39, 0.29) is 0 Å². The molecule has 0 spiro atoms. The number of rotatable bonds is 10. The molecular formula is C12H25O. The van der Waals surface area contributed by atoms with Crippen LogP contribution < -0.4 is 0 Å². The first kappa shape index (κ1) is 13.0. The molecule has 0 atom stereocenters. The molecule has 0 aromatic heterocycles. The Morgan fingerprint density at radius 1 is 0.846 bits per heavy atom. The molecule has 0 fully saturated rings. The van der Waals surface area contributed by atoms with Crippen LogP contribution in [0.4, 0.5) is 0 Å². The highest BCUT2D eigenvalue weighted by atomic mass is 16.5.